The normalized spacial score (nSPS) is 45.2. The summed E-state index contributed by atoms with van der Waals surface area (Å²) in [5, 5.41) is 3.79. The van der Waals surface area contributed by atoms with Crippen LogP contribution in [0.15, 0.2) is 0 Å². The van der Waals surface area contributed by atoms with E-state index >= 15 is 0 Å². The molecule has 1 nitrogen and oxygen atoms in total. The fourth-order valence-electron chi connectivity index (χ4n) is 3.03. The highest BCUT2D eigenvalue weighted by atomic mass is 15.0. The minimum Gasteiger partial charge on any atom is -0.311 e. The molecule has 2 saturated heterocycles. The number of nitrogens with one attached hydrogen (secondary N) is 1. The van der Waals surface area contributed by atoms with Crippen molar-refractivity contribution in [2.75, 3.05) is 0 Å². The van der Waals surface area contributed by atoms with E-state index in [9.17, 15) is 0 Å². The molecule has 2 heterocycles. The molecule has 13 heavy (non-hydrogen) atoms. The molecule has 2 aliphatic heterocycles. The molecule has 0 spiro atoms. The molecule has 2 fully saturated rings. The highest BCUT2D eigenvalue weighted by molar-refractivity contribution is 4.92. The topological polar surface area (TPSA) is 12.0 Å². The Bertz CT molecular complexity index is 176. The van der Waals surface area contributed by atoms with Crippen LogP contribution in [0.3, 0.4) is 0 Å². The van der Waals surface area contributed by atoms with E-state index in [0.29, 0.717) is 0 Å². The van der Waals surface area contributed by atoms with Crippen LogP contribution in [0, 0.1) is 17.8 Å². The van der Waals surface area contributed by atoms with Crippen LogP contribution in [0.1, 0.15) is 46.5 Å². The Hall–Kier alpha value is -0.0400. The first kappa shape index (κ1) is 9.51. The third-order valence-electron chi connectivity index (χ3n) is 4.19. The molecule has 2 aliphatic rings. The molecule has 0 saturated carbocycles. The standard InChI is InChI=1S/C12H23N/c1-8(2)10-6-11-5-4-9(3)12(7-10)13-11/h8-13H,4-7H2,1-3H3/t9?,10?,11-,12?/m0/s1. The molecule has 1 heteroatoms. The molecule has 1 N–H and O–H groups in total. The van der Waals surface area contributed by atoms with Crippen molar-refractivity contribution in [2.45, 2.75) is 58.5 Å². The average molecular weight is 181 g/mol. The van der Waals surface area contributed by atoms with Gasteiger partial charge in [0.25, 0.3) is 0 Å². The zero-order valence-electron chi connectivity index (χ0n) is 9.22. The van der Waals surface area contributed by atoms with Crippen molar-refractivity contribution >= 4 is 0 Å². The molecular formula is C12H23N. The number of piperidine rings is 2. The Morgan fingerprint density at radius 3 is 2.62 bits per heavy atom. The zero-order valence-corrected chi connectivity index (χ0v) is 9.22. The van der Waals surface area contributed by atoms with Gasteiger partial charge in [0.15, 0.2) is 0 Å². The van der Waals surface area contributed by atoms with Crippen LogP contribution >= 0.6 is 0 Å². The van der Waals surface area contributed by atoms with Crippen LogP contribution < -0.4 is 5.32 Å². The molecule has 0 amide bonds. The maximum atomic E-state index is 3.79. The fourth-order valence-corrected chi connectivity index (χ4v) is 3.03. The summed E-state index contributed by atoms with van der Waals surface area (Å²) in [7, 11) is 0. The van der Waals surface area contributed by atoms with Crippen molar-refractivity contribution < 1.29 is 0 Å². The minimum atomic E-state index is 0.833. The van der Waals surface area contributed by atoms with Gasteiger partial charge >= 0.3 is 0 Å². The van der Waals surface area contributed by atoms with Crippen LogP contribution in [-0.2, 0) is 0 Å². The van der Waals surface area contributed by atoms with Gasteiger partial charge < -0.3 is 5.32 Å². The molecule has 2 bridgehead atoms. The first-order valence-electron chi connectivity index (χ1n) is 5.93. The lowest BCUT2D eigenvalue weighted by atomic mass is 9.72. The van der Waals surface area contributed by atoms with Crippen LogP contribution in [-0.4, -0.2) is 12.1 Å². The van der Waals surface area contributed by atoms with Crippen LogP contribution in [0.5, 0.6) is 0 Å². The largest absolute Gasteiger partial charge is 0.311 e. The van der Waals surface area contributed by atoms with Gasteiger partial charge in [-0.3, -0.25) is 0 Å². The molecule has 4 atom stereocenters. The first-order valence-corrected chi connectivity index (χ1v) is 5.93. The van der Waals surface area contributed by atoms with E-state index in [0.717, 1.165) is 29.8 Å². The van der Waals surface area contributed by atoms with Crippen molar-refractivity contribution in [1.29, 1.82) is 0 Å². The lowest BCUT2D eigenvalue weighted by molar-refractivity contribution is 0.117. The van der Waals surface area contributed by atoms with Gasteiger partial charge in [-0.2, -0.15) is 0 Å². The zero-order chi connectivity index (χ0) is 9.42. The summed E-state index contributed by atoms with van der Waals surface area (Å²) in [5.74, 6) is 2.79. The number of fused-ring (bicyclic) bond motifs is 2. The predicted molar refractivity (Wildman–Crippen MR) is 56.7 cm³/mol. The van der Waals surface area contributed by atoms with Crippen molar-refractivity contribution in [3.05, 3.63) is 0 Å². The van der Waals surface area contributed by atoms with E-state index in [1.54, 1.807) is 0 Å². The van der Waals surface area contributed by atoms with Crippen LogP contribution in [0.25, 0.3) is 0 Å². The lowest BCUT2D eigenvalue weighted by Crippen LogP contribution is -2.52. The molecular weight excluding hydrogens is 158 g/mol. The second-order valence-corrected chi connectivity index (χ2v) is 5.50. The Balaban J connectivity index is 2.00. The Kier molecular flexibility index (Phi) is 2.64. The smallest absolute Gasteiger partial charge is 0.00980 e. The predicted octanol–water partition coefficient (Wildman–Crippen LogP) is 2.81. The van der Waals surface area contributed by atoms with Crippen LogP contribution in [0.4, 0.5) is 0 Å². The highest BCUT2D eigenvalue weighted by Crippen LogP contribution is 2.36. The Labute approximate surface area is 82.3 Å². The van der Waals surface area contributed by atoms with Crippen LogP contribution in [0.2, 0.25) is 0 Å². The molecule has 0 radical (unpaired) electrons. The summed E-state index contributed by atoms with van der Waals surface area (Å²) >= 11 is 0. The number of hydrogen-bond donors (Lipinski definition) is 1. The quantitative estimate of drug-likeness (QED) is 0.656. The Morgan fingerprint density at radius 2 is 1.92 bits per heavy atom. The third kappa shape index (κ3) is 1.90. The van der Waals surface area contributed by atoms with E-state index in [2.05, 4.69) is 26.1 Å². The molecule has 76 valence electrons. The summed E-state index contributed by atoms with van der Waals surface area (Å²) in [6, 6.07) is 1.68. The first-order chi connectivity index (χ1) is 6.16. The van der Waals surface area contributed by atoms with Crippen molar-refractivity contribution in [1.82, 2.24) is 5.32 Å². The van der Waals surface area contributed by atoms with Gasteiger partial charge in [-0.25, -0.2) is 0 Å². The van der Waals surface area contributed by atoms with Gasteiger partial charge in [0, 0.05) is 12.1 Å². The van der Waals surface area contributed by atoms with Gasteiger partial charge in [-0.1, -0.05) is 20.8 Å². The van der Waals surface area contributed by atoms with E-state index in [1.165, 1.54) is 25.7 Å². The van der Waals surface area contributed by atoms with E-state index < -0.39 is 0 Å². The summed E-state index contributed by atoms with van der Waals surface area (Å²) < 4.78 is 0. The second kappa shape index (κ2) is 3.61. The Morgan fingerprint density at radius 1 is 1.15 bits per heavy atom. The highest BCUT2D eigenvalue weighted by Gasteiger charge is 2.35. The SMILES string of the molecule is CC(C)C1CC2N[C@@H](CCC2C)C1. The maximum absolute atomic E-state index is 3.79. The fraction of sp³-hybridized carbons (Fsp3) is 1.00. The van der Waals surface area contributed by atoms with Gasteiger partial charge in [0.05, 0.1) is 0 Å². The molecule has 0 aromatic rings. The molecule has 0 aromatic carbocycles. The minimum absolute atomic E-state index is 0.833. The monoisotopic (exact) mass is 181 g/mol. The summed E-state index contributed by atoms with van der Waals surface area (Å²) in [4.78, 5) is 0. The molecule has 0 aromatic heterocycles. The van der Waals surface area contributed by atoms with Crippen molar-refractivity contribution in [2.24, 2.45) is 17.8 Å². The summed E-state index contributed by atoms with van der Waals surface area (Å²) in [5.41, 5.74) is 0. The van der Waals surface area contributed by atoms with Gasteiger partial charge in [0.2, 0.25) is 0 Å². The summed E-state index contributed by atoms with van der Waals surface area (Å²) in [6.07, 6.45) is 5.73. The molecule has 3 unspecified atom stereocenters. The van der Waals surface area contributed by atoms with Crippen molar-refractivity contribution in [3.8, 4) is 0 Å². The van der Waals surface area contributed by atoms with E-state index in [1.807, 2.05) is 0 Å². The van der Waals surface area contributed by atoms with Crippen molar-refractivity contribution in [3.63, 3.8) is 0 Å². The van der Waals surface area contributed by atoms with E-state index in [4.69, 9.17) is 0 Å². The summed E-state index contributed by atoms with van der Waals surface area (Å²) in [6.45, 7) is 7.18. The maximum Gasteiger partial charge on any atom is 0.00980 e. The van der Waals surface area contributed by atoms with Gasteiger partial charge in [0.1, 0.15) is 0 Å². The van der Waals surface area contributed by atoms with E-state index in [-0.39, 0.29) is 0 Å². The number of hydrogen-bond acceptors (Lipinski definition) is 1. The number of rotatable bonds is 1. The average Bonchev–Trinajstić information content (AvgIpc) is 2.12. The second-order valence-electron chi connectivity index (χ2n) is 5.50. The lowest BCUT2D eigenvalue weighted by Gasteiger charge is -2.45. The van der Waals surface area contributed by atoms with Gasteiger partial charge in [-0.15, -0.1) is 0 Å². The molecule has 2 rings (SSSR count). The molecule has 0 aliphatic carbocycles. The third-order valence-corrected chi connectivity index (χ3v) is 4.19. The van der Waals surface area contributed by atoms with Gasteiger partial charge in [-0.05, 0) is 43.4 Å².